The first-order valence-electron chi connectivity index (χ1n) is 13.4. The number of carbonyl (C=O) groups is 2. The SMILES string of the molecule is CCCNC(=O)C(CC)N(Cc1c(Cl)cccc1Cl)C(=O)CN(c1ccc(C)cc1)S(=O)(=O)c1ccc(OC)c(Br)c1. The van der Waals surface area contributed by atoms with E-state index < -0.39 is 28.5 Å². The van der Waals surface area contributed by atoms with Crippen LogP contribution in [0.4, 0.5) is 5.69 Å². The molecule has 12 heteroatoms. The van der Waals surface area contributed by atoms with E-state index in [1.54, 1.807) is 49.4 Å². The van der Waals surface area contributed by atoms with Crippen molar-refractivity contribution in [1.82, 2.24) is 10.2 Å². The third kappa shape index (κ3) is 7.98. The second-order valence-corrected chi connectivity index (χ2v) is 13.1. The molecule has 2 amide bonds. The number of nitrogens with one attached hydrogen (secondary N) is 1. The van der Waals surface area contributed by atoms with Crippen LogP contribution in [0.1, 0.15) is 37.8 Å². The summed E-state index contributed by atoms with van der Waals surface area (Å²) in [4.78, 5) is 28.7. The first-order valence-corrected chi connectivity index (χ1v) is 16.4. The van der Waals surface area contributed by atoms with Gasteiger partial charge in [0.25, 0.3) is 10.0 Å². The van der Waals surface area contributed by atoms with E-state index in [0.29, 0.717) is 44.5 Å². The highest BCUT2D eigenvalue weighted by Crippen LogP contribution is 2.32. The van der Waals surface area contributed by atoms with E-state index in [1.165, 1.54) is 30.2 Å². The fraction of sp³-hybridized carbons (Fsp3) is 0.333. The summed E-state index contributed by atoms with van der Waals surface area (Å²) in [5.74, 6) is -0.487. The smallest absolute Gasteiger partial charge is 0.264 e. The number of sulfonamides is 1. The van der Waals surface area contributed by atoms with Crippen molar-refractivity contribution in [3.8, 4) is 5.75 Å². The van der Waals surface area contributed by atoms with Gasteiger partial charge in [0.1, 0.15) is 18.3 Å². The third-order valence-corrected chi connectivity index (χ3v) is 9.74. The lowest BCUT2D eigenvalue weighted by atomic mass is 10.1. The van der Waals surface area contributed by atoms with Crippen LogP contribution in [0.3, 0.4) is 0 Å². The van der Waals surface area contributed by atoms with Crippen LogP contribution in [-0.4, -0.2) is 51.4 Å². The number of benzene rings is 3. The maximum Gasteiger partial charge on any atom is 0.264 e. The van der Waals surface area contributed by atoms with Crippen molar-refractivity contribution in [2.75, 3.05) is 24.5 Å². The van der Waals surface area contributed by atoms with Crippen molar-refractivity contribution in [3.05, 3.63) is 86.3 Å². The molecular formula is C30H34BrCl2N3O5S. The zero-order chi connectivity index (χ0) is 31.0. The summed E-state index contributed by atoms with van der Waals surface area (Å²) in [7, 11) is -2.77. The number of nitrogens with zero attached hydrogens (tertiary/aromatic N) is 2. The molecule has 0 saturated heterocycles. The molecule has 0 radical (unpaired) electrons. The van der Waals surface area contributed by atoms with E-state index in [4.69, 9.17) is 27.9 Å². The molecule has 0 aliphatic rings. The Morgan fingerprint density at radius 1 is 1.02 bits per heavy atom. The van der Waals surface area contributed by atoms with E-state index in [1.807, 2.05) is 13.8 Å². The number of hydrogen-bond acceptors (Lipinski definition) is 5. The second kappa shape index (κ2) is 15.1. The summed E-state index contributed by atoms with van der Waals surface area (Å²) in [5, 5.41) is 3.51. The number of amides is 2. The topological polar surface area (TPSA) is 96.0 Å². The van der Waals surface area contributed by atoms with E-state index in [9.17, 15) is 18.0 Å². The number of halogens is 3. The second-order valence-electron chi connectivity index (χ2n) is 9.58. The molecule has 1 unspecified atom stereocenters. The number of ether oxygens (including phenoxy) is 1. The zero-order valence-corrected chi connectivity index (χ0v) is 27.8. The van der Waals surface area contributed by atoms with Crippen molar-refractivity contribution in [3.63, 3.8) is 0 Å². The molecule has 0 aromatic heterocycles. The van der Waals surface area contributed by atoms with Gasteiger partial charge in [0.15, 0.2) is 0 Å². The van der Waals surface area contributed by atoms with Crippen LogP contribution in [0.15, 0.2) is 70.0 Å². The number of anilines is 1. The monoisotopic (exact) mass is 697 g/mol. The van der Waals surface area contributed by atoms with Gasteiger partial charge < -0.3 is 15.0 Å². The Morgan fingerprint density at radius 2 is 1.67 bits per heavy atom. The molecule has 226 valence electrons. The average molecular weight is 699 g/mol. The van der Waals surface area contributed by atoms with Gasteiger partial charge in [0.05, 0.1) is 22.2 Å². The molecule has 1 N–H and O–H groups in total. The fourth-order valence-corrected chi connectivity index (χ4v) is 6.96. The Hall–Kier alpha value is -2.79. The zero-order valence-electron chi connectivity index (χ0n) is 23.9. The van der Waals surface area contributed by atoms with Gasteiger partial charge >= 0.3 is 0 Å². The molecule has 0 bridgehead atoms. The number of carbonyl (C=O) groups excluding carboxylic acids is 2. The summed E-state index contributed by atoms with van der Waals surface area (Å²) < 4.78 is 34.9. The first kappa shape index (κ1) is 33.7. The van der Waals surface area contributed by atoms with Crippen LogP contribution in [-0.2, 0) is 26.2 Å². The first-order chi connectivity index (χ1) is 19.9. The molecule has 3 aromatic rings. The fourth-order valence-electron chi connectivity index (χ4n) is 4.31. The quantitative estimate of drug-likeness (QED) is 0.217. The summed E-state index contributed by atoms with van der Waals surface area (Å²) in [6.07, 6.45) is 0.995. The van der Waals surface area contributed by atoms with Gasteiger partial charge in [-0.3, -0.25) is 13.9 Å². The summed E-state index contributed by atoms with van der Waals surface area (Å²) in [6.45, 7) is 5.36. The third-order valence-electron chi connectivity index (χ3n) is 6.64. The van der Waals surface area contributed by atoms with E-state index in [-0.39, 0.29) is 23.8 Å². The van der Waals surface area contributed by atoms with Crippen LogP contribution in [0.5, 0.6) is 5.75 Å². The highest BCUT2D eigenvalue weighted by Gasteiger charge is 2.34. The van der Waals surface area contributed by atoms with E-state index >= 15 is 0 Å². The number of aryl methyl sites for hydroxylation is 1. The largest absolute Gasteiger partial charge is 0.496 e. The standard InChI is InChI=1S/C30H34BrCl2N3O5S/c1-5-16-34-30(38)27(6-2)35(18-23-25(32)8-7-9-26(23)33)29(37)19-36(21-12-10-20(3)11-13-21)42(39,40)22-14-15-28(41-4)24(31)17-22/h7-15,17,27H,5-6,16,18-19H2,1-4H3,(H,34,38). The molecule has 0 saturated carbocycles. The van der Waals surface area contributed by atoms with Gasteiger partial charge in [-0.05, 0) is 78.2 Å². The molecule has 1 atom stereocenters. The van der Waals surface area contributed by atoms with Crippen LogP contribution in [0.2, 0.25) is 10.0 Å². The van der Waals surface area contributed by atoms with Crippen molar-refractivity contribution >= 4 is 66.7 Å². The Bertz CT molecular complexity index is 1500. The predicted molar refractivity (Wildman–Crippen MR) is 171 cm³/mol. The molecular weight excluding hydrogens is 665 g/mol. The Morgan fingerprint density at radius 3 is 2.21 bits per heavy atom. The van der Waals surface area contributed by atoms with Crippen molar-refractivity contribution in [2.24, 2.45) is 0 Å². The van der Waals surface area contributed by atoms with Gasteiger partial charge in [0, 0.05) is 28.7 Å². The molecule has 3 rings (SSSR count). The Labute approximate surface area is 266 Å². The average Bonchev–Trinajstić information content (AvgIpc) is 2.96. The molecule has 0 aliphatic carbocycles. The van der Waals surface area contributed by atoms with Gasteiger partial charge in [-0.15, -0.1) is 0 Å². The van der Waals surface area contributed by atoms with Crippen LogP contribution < -0.4 is 14.4 Å². The van der Waals surface area contributed by atoms with Crippen molar-refractivity contribution in [2.45, 2.75) is 51.1 Å². The molecule has 42 heavy (non-hydrogen) atoms. The van der Waals surface area contributed by atoms with Gasteiger partial charge in [-0.1, -0.05) is 60.8 Å². The normalized spacial score (nSPS) is 12.0. The molecule has 0 spiro atoms. The summed E-state index contributed by atoms with van der Waals surface area (Å²) in [6, 6.07) is 15.3. The number of methoxy groups -OCH3 is 1. The van der Waals surface area contributed by atoms with Crippen LogP contribution in [0, 0.1) is 6.92 Å². The Balaban J connectivity index is 2.11. The van der Waals surface area contributed by atoms with E-state index in [0.717, 1.165) is 9.87 Å². The van der Waals surface area contributed by atoms with Crippen molar-refractivity contribution in [1.29, 1.82) is 0 Å². The number of hydrogen-bond donors (Lipinski definition) is 1. The summed E-state index contributed by atoms with van der Waals surface area (Å²) >= 11 is 16.3. The van der Waals surface area contributed by atoms with E-state index in [2.05, 4.69) is 21.2 Å². The molecule has 8 nitrogen and oxygen atoms in total. The molecule has 3 aromatic carbocycles. The minimum Gasteiger partial charge on any atom is -0.496 e. The lowest BCUT2D eigenvalue weighted by Crippen LogP contribution is -2.52. The van der Waals surface area contributed by atoms with Gasteiger partial charge in [-0.25, -0.2) is 8.42 Å². The Kier molecular flexibility index (Phi) is 12.1. The minimum absolute atomic E-state index is 0.0445. The number of rotatable bonds is 13. The van der Waals surface area contributed by atoms with Gasteiger partial charge in [-0.2, -0.15) is 0 Å². The lowest BCUT2D eigenvalue weighted by molar-refractivity contribution is -0.140. The summed E-state index contributed by atoms with van der Waals surface area (Å²) in [5.41, 5.74) is 1.67. The van der Waals surface area contributed by atoms with Gasteiger partial charge in [0.2, 0.25) is 11.8 Å². The highest BCUT2D eigenvalue weighted by molar-refractivity contribution is 9.10. The predicted octanol–water partition coefficient (Wildman–Crippen LogP) is 6.60. The maximum atomic E-state index is 14.2. The van der Waals surface area contributed by atoms with Crippen molar-refractivity contribution < 1.29 is 22.7 Å². The van der Waals surface area contributed by atoms with Crippen LogP contribution in [0.25, 0.3) is 0 Å². The lowest BCUT2D eigenvalue weighted by Gasteiger charge is -2.33. The molecule has 0 heterocycles. The maximum absolute atomic E-state index is 14.2. The molecule has 0 aliphatic heterocycles. The molecule has 0 fully saturated rings. The highest BCUT2D eigenvalue weighted by atomic mass is 79.9. The van der Waals surface area contributed by atoms with Crippen LogP contribution >= 0.6 is 39.1 Å². The minimum atomic E-state index is -4.25.